The van der Waals surface area contributed by atoms with Crippen LogP contribution in [-0.4, -0.2) is 15.5 Å². The van der Waals surface area contributed by atoms with Crippen molar-refractivity contribution in [3.8, 4) is 0 Å². The molecule has 2 aromatic rings. The first-order valence-electron chi connectivity index (χ1n) is 5.17. The van der Waals surface area contributed by atoms with Crippen LogP contribution in [0.25, 0.3) is 0 Å². The highest BCUT2D eigenvalue weighted by atomic mass is 35.5. The normalized spacial score (nSPS) is 10.2. The van der Waals surface area contributed by atoms with Crippen molar-refractivity contribution < 1.29 is 4.79 Å². The number of amides is 1. The predicted octanol–water partition coefficient (Wildman–Crippen LogP) is 2.54. The molecule has 0 radical (unpaired) electrons. The number of benzene rings is 1. The van der Waals surface area contributed by atoms with Crippen molar-refractivity contribution in [2.45, 2.75) is 13.5 Å². The lowest BCUT2D eigenvalue weighted by Crippen LogP contribution is -2.05. The molecule has 1 heterocycles. The van der Waals surface area contributed by atoms with Gasteiger partial charge in [0.05, 0.1) is 6.33 Å². The minimum absolute atomic E-state index is 0.127. The second-order valence-electron chi connectivity index (χ2n) is 3.74. The molecule has 1 N–H and O–H groups in total. The lowest BCUT2D eigenvalue weighted by Gasteiger charge is -2.02. The van der Waals surface area contributed by atoms with E-state index in [4.69, 9.17) is 11.6 Å². The molecular formula is C12H12ClN3O. The number of nitrogens with one attached hydrogen (secondary N) is 1. The smallest absolute Gasteiger partial charge is 0.222 e. The Bertz CT molecular complexity index is 536. The Morgan fingerprint density at radius 2 is 2.35 bits per heavy atom. The summed E-state index contributed by atoms with van der Waals surface area (Å²) in [7, 11) is 0. The van der Waals surface area contributed by atoms with Crippen molar-refractivity contribution in [1.29, 1.82) is 0 Å². The molecule has 2 rings (SSSR count). The number of hydrogen-bond acceptors (Lipinski definition) is 2. The highest BCUT2D eigenvalue weighted by Crippen LogP contribution is 2.12. The second-order valence-corrected chi connectivity index (χ2v) is 4.18. The van der Waals surface area contributed by atoms with E-state index in [0.29, 0.717) is 17.4 Å². The zero-order valence-corrected chi connectivity index (χ0v) is 10.1. The summed E-state index contributed by atoms with van der Waals surface area (Å²) in [5, 5.41) is 3.34. The van der Waals surface area contributed by atoms with Gasteiger partial charge in [-0.15, -0.1) is 0 Å². The number of carbonyl (C=O) groups is 1. The molecule has 1 aromatic carbocycles. The lowest BCUT2D eigenvalue weighted by atomic mass is 10.2. The highest BCUT2D eigenvalue weighted by molar-refractivity contribution is 6.30. The van der Waals surface area contributed by atoms with Gasteiger partial charge in [-0.05, 0) is 17.7 Å². The van der Waals surface area contributed by atoms with Gasteiger partial charge in [0.2, 0.25) is 5.91 Å². The van der Waals surface area contributed by atoms with Crippen LogP contribution in [0.3, 0.4) is 0 Å². The third-order valence-electron chi connectivity index (χ3n) is 2.19. The van der Waals surface area contributed by atoms with E-state index in [9.17, 15) is 4.79 Å². The average Bonchev–Trinajstić information content (AvgIpc) is 2.64. The van der Waals surface area contributed by atoms with Gasteiger partial charge >= 0.3 is 0 Å². The van der Waals surface area contributed by atoms with Crippen LogP contribution >= 0.6 is 11.6 Å². The van der Waals surface area contributed by atoms with Gasteiger partial charge in [-0.25, -0.2) is 4.98 Å². The lowest BCUT2D eigenvalue weighted by molar-refractivity contribution is -0.114. The summed E-state index contributed by atoms with van der Waals surface area (Å²) in [6.45, 7) is 2.13. The largest absolute Gasteiger partial charge is 0.331 e. The number of rotatable bonds is 3. The van der Waals surface area contributed by atoms with Crippen molar-refractivity contribution >= 4 is 23.3 Å². The third kappa shape index (κ3) is 3.32. The minimum atomic E-state index is -0.127. The SMILES string of the molecule is CC(=O)Nc1cn(Cc2cccc(Cl)c2)cn1. The number of nitrogens with zero attached hydrogens (tertiary/aromatic N) is 2. The van der Waals surface area contributed by atoms with Crippen molar-refractivity contribution in [3.63, 3.8) is 0 Å². The molecule has 0 aliphatic carbocycles. The zero-order valence-electron chi connectivity index (χ0n) is 9.35. The summed E-state index contributed by atoms with van der Waals surface area (Å²) < 4.78 is 1.89. The van der Waals surface area contributed by atoms with Crippen LogP contribution in [0.5, 0.6) is 0 Å². The van der Waals surface area contributed by atoms with E-state index in [-0.39, 0.29) is 5.91 Å². The number of aromatic nitrogens is 2. The van der Waals surface area contributed by atoms with E-state index >= 15 is 0 Å². The van der Waals surface area contributed by atoms with Gasteiger partial charge in [0.1, 0.15) is 0 Å². The minimum Gasteiger partial charge on any atom is -0.331 e. The van der Waals surface area contributed by atoms with E-state index in [1.807, 2.05) is 28.8 Å². The van der Waals surface area contributed by atoms with Crippen LogP contribution in [-0.2, 0) is 11.3 Å². The van der Waals surface area contributed by atoms with Crippen LogP contribution in [0.4, 0.5) is 5.82 Å². The van der Waals surface area contributed by atoms with Gasteiger partial charge in [0.25, 0.3) is 0 Å². The van der Waals surface area contributed by atoms with Crippen LogP contribution in [0.15, 0.2) is 36.8 Å². The van der Waals surface area contributed by atoms with Gasteiger partial charge in [-0.2, -0.15) is 0 Å². The fraction of sp³-hybridized carbons (Fsp3) is 0.167. The van der Waals surface area contributed by atoms with Crippen LogP contribution < -0.4 is 5.32 Å². The summed E-state index contributed by atoms with van der Waals surface area (Å²) in [5.41, 5.74) is 1.09. The zero-order chi connectivity index (χ0) is 12.3. The Kier molecular flexibility index (Phi) is 3.44. The molecule has 0 unspecified atom stereocenters. The summed E-state index contributed by atoms with van der Waals surface area (Å²) in [6, 6.07) is 7.63. The van der Waals surface area contributed by atoms with E-state index < -0.39 is 0 Å². The molecule has 5 heteroatoms. The molecule has 0 aliphatic rings. The fourth-order valence-electron chi connectivity index (χ4n) is 1.54. The Balaban J connectivity index is 2.08. The van der Waals surface area contributed by atoms with Crippen LogP contribution in [0.2, 0.25) is 5.02 Å². The summed E-state index contributed by atoms with van der Waals surface area (Å²) in [5.74, 6) is 0.428. The Labute approximate surface area is 104 Å². The predicted molar refractivity (Wildman–Crippen MR) is 67.1 cm³/mol. The van der Waals surface area contributed by atoms with E-state index in [0.717, 1.165) is 5.56 Å². The quantitative estimate of drug-likeness (QED) is 0.909. The second kappa shape index (κ2) is 5.01. The van der Waals surface area contributed by atoms with E-state index in [1.165, 1.54) is 6.92 Å². The van der Waals surface area contributed by atoms with E-state index in [2.05, 4.69) is 10.3 Å². The first-order valence-corrected chi connectivity index (χ1v) is 5.55. The maximum absolute atomic E-state index is 10.8. The summed E-state index contributed by atoms with van der Waals surface area (Å²) in [6.07, 6.45) is 3.45. The van der Waals surface area contributed by atoms with Gasteiger partial charge < -0.3 is 9.88 Å². The molecule has 88 valence electrons. The maximum atomic E-state index is 10.8. The van der Waals surface area contributed by atoms with Crippen molar-refractivity contribution in [2.24, 2.45) is 0 Å². The van der Waals surface area contributed by atoms with E-state index in [1.54, 1.807) is 12.5 Å². The molecule has 0 saturated carbocycles. The number of halogens is 1. The molecule has 0 atom stereocenters. The van der Waals surface area contributed by atoms with Gasteiger partial charge in [0.15, 0.2) is 5.82 Å². The van der Waals surface area contributed by atoms with Crippen molar-refractivity contribution in [3.05, 3.63) is 47.4 Å². The molecule has 0 saturated heterocycles. The first-order chi connectivity index (χ1) is 8.13. The molecule has 17 heavy (non-hydrogen) atoms. The maximum Gasteiger partial charge on any atom is 0.222 e. The van der Waals surface area contributed by atoms with Gasteiger partial charge in [-0.3, -0.25) is 4.79 Å². The molecule has 4 nitrogen and oxygen atoms in total. The topological polar surface area (TPSA) is 46.9 Å². The highest BCUT2D eigenvalue weighted by Gasteiger charge is 2.01. The Morgan fingerprint density at radius 3 is 3.06 bits per heavy atom. The van der Waals surface area contributed by atoms with Crippen molar-refractivity contribution in [1.82, 2.24) is 9.55 Å². The standard InChI is InChI=1S/C12H12ClN3O/c1-9(17)15-12-7-16(8-14-12)6-10-3-2-4-11(13)5-10/h2-5,7-8H,6H2,1H3,(H,15,17). The summed E-state index contributed by atoms with van der Waals surface area (Å²) in [4.78, 5) is 14.9. The van der Waals surface area contributed by atoms with Crippen LogP contribution in [0, 0.1) is 0 Å². The van der Waals surface area contributed by atoms with Gasteiger partial charge in [0, 0.05) is 24.7 Å². The van der Waals surface area contributed by atoms with Crippen LogP contribution in [0.1, 0.15) is 12.5 Å². The molecule has 0 bridgehead atoms. The number of imidazole rings is 1. The third-order valence-corrected chi connectivity index (χ3v) is 2.43. The molecular weight excluding hydrogens is 238 g/mol. The monoisotopic (exact) mass is 249 g/mol. The molecule has 0 fully saturated rings. The molecule has 0 aliphatic heterocycles. The molecule has 1 aromatic heterocycles. The summed E-state index contributed by atoms with van der Waals surface area (Å²) >= 11 is 5.90. The Morgan fingerprint density at radius 1 is 1.53 bits per heavy atom. The average molecular weight is 250 g/mol. The van der Waals surface area contributed by atoms with Gasteiger partial charge in [-0.1, -0.05) is 23.7 Å². The Hall–Kier alpha value is -1.81. The number of carbonyl (C=O) groups excluding carboxylic acids is 1. The number of anilines is 1. The van der Waals surface area contributed by atoms with Crippen molar-refractivity contribution in [2.75, 3.05) is 5.32 Å². The number of hydrogen-bond donors (Lipinski definition) is 1. The molecule has 0 spiro atoms. The molecule has 1 amide bonds. The fourth-order valence-corrected chi connectivity index (χ4v) is 1.75. The first kappa shape index (κ1) is 11.7.